The summed E-state index contributed by atoms with van der Waals surface area (Å²) in [6.07, 6.45) is 1.20. The van der Waals surface area contributed by atoms with E-state index in [1.54, 1.807) is 30.3 Å². The van der Waals surface area contributed by atoms with Crippen molar-refractivity contribution in [3.63, 3.8) is 0 Å². The fraction of sp³-hybridized carbons (Fsp3) is 0.286. The first kappa shape index (κ1) is 29.8. The third-order valence-corrected chi connectivity index (χ3v) is 6.83. The lowest BCUT2D eigenvalue weighted by Crippen LogP contribution is -2.14. The molecule has 3 aromatic carbocycles. The minimum atomic E-state index is -0.426. The number of nitrogen functional groups attached to an aromatic ring is 1. The largest absolute Gasteiger partial charge is 0.465 e. The molecule has 202 valence electrons. The van der Waals surface area contributed by atoms with Crippen molar-refractivity contribution in [1.29, 1.82) is 0 Å². The van der Waals surface area contributed by atoms with E-state index in [1.807, 2.05) is 43.3 Å². The third-order valence-electron chi connectivity index (χ3n) is 5.55. The molecule has 0 spiro atoms. The van der Waals surface area contributed by atoms with Crippen LogP contribution in [0.1, 0.15) is 34.3 Å². The van der Waals surface area contributed by atoms with Crippen LogP contribution in [0.25, 0.3) is 0 Å². The van der Waals surface area contributed by atoms with Crippen molar-refractivity contribution in [2.75, 3.05) is 38.4 Å². The van der Waals surface area contributed by atoms with Crippen LogP contribution < -0.4 is 11.1 Å². The van der Waals surface area contributed by atoms with Crippen LogP contribution in [-0.2, 0) is 27.2 Å². The first-order valence-electron chi connectivity index (χ1n) is 12.0. The number of benzene rings is 3. The molecule has 3 aromatic rings. The summed E-state index contributed by atoms with van der Waals surface area (Å²) in [5.74, 6) is -0.785. The van der Waals surface area contributed by atoms with Crippen molar-refractivity contribution in [2.45, 2.75) is 25.8 Å². The Morgan fingerprint density at radius 1 is 0.947 bits per heavy atom. The zero-order chi connectivity index (χ0) is 27.7. The first-order chi connectivity index (χ1) is 18.2. The summed E-state index contributed by atoms with van der Waals surface area (Å²) in [6, 6.07) is 16.0. The number of nitrogens with zero attached hydrogens (tertiary/aromatic N) is 1. The highest BCUT2D eigenvalue weighted by atomic mass is 79.9. The lowest BCUT2D eigenvalue weighted by Gasteiger charge is -2.15. The third kappa shape index (κ3) is 8.63. The molecule has 10 heteroatoms. The highest BCUT2D eigenvalue weighted by molar-refractivity contribution is 9.10. The van der Waals surface area contributed by atoms with Crippen molar-refractivity contribution >= 4 is 68.1 Å². The summed E-state index contributed by atoms with van der Waals surface area (Å²) in [5, 5.41) is 4.17. The van der Waals surface area contributed by atoms with Gasteiger partial charge >= 0.3 is 11.9 Å². The van der Waals surface area contributed by atoms with Crippen LogP contribution in [0.2, 0.25) is 10.0 Å². The molecule has 0 radical (unpaired) electrons. The van der Waals surface area contributed by atoms with E-state index in [9.17, 15) is 9.59 Å². The highest BCUT2D eigenvalue weighted by Crippen LogP contribution is 2.33. The minimum Gasteiger partial charge on any atom is -0.465 e. The Hall–Kier alpha value is -2.78. The zero-order valence-corrected chi connectivity index (χ0v) is 24.3. The molecular formula is C28H30BrCl2N3O4. The van der Waals surface area contributed by atoms with Gasteiger partial charge in [-0.1, -0.05) is 47.5 Å². The van der Waals surface area contributed by atoms with Gasteiger partial charge in [0.15, 0.2) is 0 Å². The second-order valence-corrected chi connectivity index (χ2v) is 10.6. The Morgan fingerprint density at radius 3 is 2.29 bits per heavy atom. The van der Waals surface area contributed by atoms with Gasteiger partial charge in [-0.2, -0.15) is 0 Å². The van der Waals surface area contributed by atoms with Crippen LogP contribution in [0.4, 0.5) is 17.1 Å². The summed E-state index contributed by atoms with van der Waals surface area (Å²) < 4.78 is 11.4. The van der Waals surface area contributed by atoms with Gasteiger partial charge in [-0.3, -0.25) is 4.79 Å². The molecule has 0 amide bonds. The van der Waals surface area contributed by atoms with Gasteiger partial charge in [0.05, 0.1) is 46.6 Å². The minimum absolute atomic E-state index is 0.0848. The second kappa shape index (κ2) is 14.4. The number of esters is 2. The number of nitrogens with one attached hydrogen (secondary N) is 1. The maximum Gasteiger partial charge on any atom is 0.338 e. The Labute approximate surface area is 241 Å². The molecular weight excluding hydrogens is 593 g/mol. The van der Waals surface area contributed by atoms with Crippen LogP contribution >= 0.6 is 39.1 Å². The number of carbonyl (C=O) groups excluding carboxylic acids is 2. The molecule has 0 aliphatic carbocycles. The summed E-state index contributed by atoms with van der Waals surface area (Å²) in [6.45, 7) is 1.04. The average Bonchev–Trinajstić information content (AvgIpc) is 2.86. The number of nitrogens with two attached hydrogens (primary N) is 1. The van der Waals surface area contributed by atoms with Gasteiger partial charge in [0, 0.05) is 16.7 Å². The van der Waals surface area contributed by atoms with Crippen molar-refractivity contribution in [2.24, 2.45) is 0 Å². The fourth-order valence-electron chi connectivity index (χ4n) is 3.66. The van der Waals surface area contributed by atoms with E-state index in [4.69, 9.17) is 38.4 Å². The molecule has 0 aromatic heterocycles. The molecule has 0 aliphatic rings. The fourth-order valence-corrected chi connectivity index (χ4v) is 4.65. The summed E-state index contributed by atoms with van der Waals surface area (Å²) in [7, 11) is 3.86. The molecule has 0 aliphatic heterocycles. The zero-order valence-electron chi connectivity index (χ0n) is 21.2. The van der Waals surface area contributed by atoms with E-state index in [1.165, 1.54) is 0 Å². The van der Waals surface area contributed by atoms with Crippen molar-refractivity contribution in [3.8, 4) is 0 Å². The number of anilines is 3. The van der Waals surface area contributed by atoms with Gasteiger partial charge in [0.2, 0.25) is 0 Å². The van der Waals surface area contributed by atoms with E-state index in [0.717, 1.165) is 16.8 Å². The number of halogens is 3. The van der Waals surface area contributed by atoms with Crippen LogP contribution in [0.3, 0.4) is 0 Å². The van der Waals surface area contributed by atoms with E-state index in [2.05, 4.69) is 21.2 Å². The first-order valence-corrected chi connectivity index (χ1v) is 13.5. The SMILES string of the molecule is CN(C)Cc1cc(C(=O)OCCCCOC(=O)Cc2ccccc2Nc2c(Cl)cccc2Cl)cc(Br)c1N. The highest BCUT2D eigenvalue weighted by Gasteiger charge is 2.15. The van der Waals surface area contributed by atoms with Crippen molar-refractivity contribution < 1.29 is 19.1 Å². The molecule has 3 rings (SSSR count). The van der Waals surface area contributed by atoms with E-state index in [0.29, 0.717) is 50.8 Å². The summed E-state index contributed by atoms with van der Waals surface area (Å²) in [4.78, 5) is 26.9. The average molecular weight is 623 g/mol. The quantitative estimate of drug-likeness (QED) is 0.129. The van der Waals surface area contributed by atoms with Gasteiger partial charge in [-0.25, -0.2) is 4.79 Å². The number of hydrogen-bond acceptors (Lipinski definition) is 7. The van der Waals surface area contributed by atoms with Crippen molar-refractivity contribution in [3.05, 3.63) is 85.8 Å². The number of ether oxygens (including phenoxy) is 2. The van der Waals surface area contributed by atoms with Gasteiger partial charge in [-0.15, -0.1) is 0 Å². The number of unbranched alkanes of at least 4 members (excludes halogenated alkanes) is 1. The molecule has 3 N–H and O–H groups in total. The number of para-hydroxylation sites is 2. The van der Waals surface area contributed by atoms with Crippen LogP contribution in [0, 0.1) is 0 Å². The van der Waals surface area contributed by atoms with Crippen LogP contribution in [-0.4, -0.2) is 44.1 Å². The molecule has 0 heterocycles. The molecule has 0 fully saturated rings. The Kier molecular flexibility index (Phi) is 11.3. The standard InChI is InChI=1S/C28H30BrCl2N3O4/c1-34(2)17-20-14-19(15-21(29)26(20)32)28(36)38-13-6-5-12-37-25(35)16-18-8-3-4-11-24(18)33-27-22(30)9-7-10-23(27)31/h3-4,7-11,14-15,33H,5-6,12-13,16-17,32H2,1-2H3. The van der Waals surface area contributed by atoms with Crippen LogP contribution in [0.5, 0.6) is 0 Å². The van der Waals surface area contributed by atoms with Gasteiger partial charge in [0.25, 0.3) is 0 Å². The second-order valence-electron chi connectivity index (χ2n) is 8.89. The molecule has 0 saturated carbocycles. The Bertz CT molecular complexity index is 1270. The monoisotopic (exact) mass is 621 g/mol. The van der Waals surface area contributed by atoms with Crippen LogP contribution in [0.15, 0.2) is 59.1 Å². The van der Waals surface area contributed by atoms with Gasteiger partial charge in [-0.05, 0) is 84.3 Å². The van der Waals surface area contributed by atoms with E-state index in [-0.39, 0.29) is 25.6 Å². The van der Waals surface area contributed by atoms with Gasteiger partial charge in [0.1, 0.15) is 0 Å². The normalized spacial score (nSPS) is 10.9. The maximum absolute atomic E-state index is 12.5. The molecule has 0 bridgehead atoms. The number of carbonyl (C=O) groups is 2. The molecule has 0 unspecified atom stereocenters. The molecule has 0 saturated heterocycles. The van der Waals surface area contributed by atoms with E-state index >= 15 is 0 Å². The lowest BCUT2D eigenvalue weighted by atomic mass is 10.1. The smallest absolute Gasteiger partial charge is 0.338 e. The Morgan fingerprint density at radius 2 is 1.61 bits per heavy atom. The number of rotatable bonds is 12. The maximum atomic E-state index is 12.5. The lowest BCUT2D eigenvalue weighted by molar-refractivity contribution is -0.143. The topological polar surface area (TPSA) is 93.9 Å². The van der Waals surface area contributed by atoms with Gasteiger partial charge < -0.3 is 25.4 Å². The molecule has 38 heavy (non-hydrogen) atoms. The molecule has 7 nitrogen and oxygen atoms in total. The predicted octanol–water partition coefficient (Wildman–Crippen LogP) is 6.87. The Balaban J connectivity index is 1.43. The van der Waals surface area contributed by atoms with Crippen molar-refractivity contribution in [1.82, 2.24) is 4.90 Å². The predicted molar refractivity (Wildman–Crippen MR) is 156 cm³/mol. The number of hydrogen-bond donors (Lipinski definition) is 2. The van der Waals surface area contributed by atoms with E-state index < -0.39 is 5.97 Å². The molecule has 0 atom stereocenters. The summed E-state index contributed by atoms with van der Waals surface area (Å²) in [5.41, 5.74) is 10.0. The summed E-state index contributed by atoms with van der Waals surface area (Å²) >= 11 is 15.9.